The third-order valence-electron chi connectivity index (χ3n) is 7.46. The molecule has 0 fully saturated rings. The van der Waals surface area contributed by atoms with Gasteiger partial charge in [0.1, 0.15) is 27.2 Å². The Kier molecular flexibility index (Phi) is 9.68. The van der Waals surface area contributed by atoms with E-state index in [0.717, 1.165) is 9.04 Å². The molecule has 0 aliphatic carbocycles. The van der Waals surface area contributed by atoms with E-state index < -0.39 is 28.3 Å². The minimum atomic E-state index is -1.43. The molecular weight excluding hydrogens is 648 g/mol. The average Bonchev–Trinajstić information content (AvgIpc) is 3.60. The van der Waals surface area contributed by atoms with Crippen LogP contribution in [0.15, 0.2) is 44.7 Å². The molecule has 1 atom stereocenters. The molecule has 0 N–H and O–H groups in total. The number of nitriles is 1. The predicted octanol–water partition coefficient (Wildman–Crippen LogP) is 5.54. The summed E-state index contributed by atoms with van der Waals surface area (Å²) >= 11 is 4.73. The normalized spacial score (nSPS) is 12.9. The number of hydrogen-bond acceptors (Lipinski definition) is 9. The van der Waals surface area contributed by atoms with Gasteiger partial charge >= 0.3 is 5.69 Å². The minimum absolute atomic E-state index is 0.0362. The van der Waals surface area contributed by atoms with E-state index in [4.69, 9.17) is 9.47 Å². The number of carbonyl (C=O) groups excluding carboxylic acids is 1. The van der Waals surface area contributed by atoms with Crippen molar-refractivity contribution >= 4 is 43.3 Å². The number of halogens is 1. The maximum absolute atomic E-state index is 14.5. The molecule has 13 heteroatoms. The smallest absolute Gasteiger partial charge is 0.333 e. The van der Waals surface area contributed by atoms with Gasteiger partial charge in [-0.15, -0.1) is 4.80 Å². The van der Waals surface area contributed by atoms with Crippen LogP contribution >= 0.6 is 27.3 Å². The van der Waals surface area contributed by atoms with E-state index in [1.807, 2.05) is 26.0 Å². The van der Waals surface area contributed by atoms with Crippen LogP contribution in [0.5, 0.6) is 5.75 Å². The molecular formula is C31H37BrN6O5S. The van der Waals surface area contributed by atoms with Gasteiger partial charge in [0.2, 0.25) is 0 Å². The summed E-state index contributed by atoms with van der Waals surface area (Å²) in [7, 11) is 1.54. The van der Waals surface area contributed by atoms with Gasteiger partial charge in [-0.2, -0.15) is 15.5 Å². The van der Waals surface area contributed by atoms with E-state index in [1.54, 1.807) is 47.8 Å². The van der Waals surface area contributed by atoms with Gasteiger partial charge in [0.15, 0.2) is 5.78 Å². The van der Waals surface area contributed by atoms with Gasteiger partial charge < -0.3 is 9.47 Å². The first-order valence-electron chi connectivity index (χ1n) is 14.2. The summed E-state index contributed by atoms with van der Waals surface area (Å²) in [6.07, 6.45) is 2.49. The Morgan fingerprint density at radius 1 is 1.16 bits per heavy atom. The fraction of sp³-hybridized carbons (Fsp3) is 0.484. The standard InChI is InChI=1S/C31H37BrN6O5S/c1-18(2)13-24(39)31(6,7)37-26(40)25-19(3)27(38-34-11-12-35-38)44-28(25)36(29(37)41)15-23(43-17-30(4,5)16-33)21-14-20(32)9-10-22(21)42-8/h9-12,14,18,23H,13,15,17H2,1-8H3/t23-/m0/s1. The molecule has 0 bridgehead atoms. The monoisotopic (exact) mass is 684 g/mol. The Morgan fingerprint density at radius 2 is 1.82 bits per heavy atom. The number of nitrogens with zero attached hydrogens (tertiary/aromatic N) is 6. The summed E-state index contributed by atoms with van der Waals surface area (Å²) in [5.74, 6) is 0.340. The van der Waals surface area contributed by atoms with Crippen molar-refractivity contribution in [3.05, 3.63) is 67.0 Å². The van der Waals surface area contributed by atoms with Gasteiger partial charge in [0, 0.05) is 22.0 Å². The first-order valence-corrected chi connectivity index (χ1v) is 15.8. The highest BCUT2D eigenvalue weighted by molar-refractivity contribution is 9.10. The fourth-order valence-electron chi connectivity index (χ4n) is 4.95. The molecule has 44 heavy (non-hydrogen) atoms. The third kappa shape index (κ3) is 6.43. The molecule has 0 saturated heterocycles. The van der Waals surface area contributed by atoms with Gasteiger partial charge in [0.25, 0.3) is 5.56 Å². The molecule has 0 amide bonds. The number of benzene rings is 1. The number of aryl methyl sites for hydroxylation is 1. The summed E-state index contributed by atoms with van der Waals surface area (Å²) in [6, 6.07) is 7.71. The summed E-state index contributed by atoms with van der Waals surface area (Å²) in [6.45, 7) is 12.4. The quantitative estimate of drug-likeness (QED) is 0.190. The van der Waals surface area contributed by atoms with Crippen LogP contribution in [-0.2, 0) is 21.6 Å². The molecule has 0 saturated carbocycles. The van der Waals surface area contributed by atoms with E-state index in [2.05, 4.69) is 32.2 Å². The van der Waals surface area contributed by atoms with E-state index in [1.165, 1.54) is 33.1 Å². The second-order valence-corrected chi connectivity index (χ2v) is 14.2. The number of ether oxygens (including phenoxy) is 2. The van der Waals surface area contributed by atoms with Crippen LogP contribution in [0, 0.1) is 29.6 Å². The molecule has 1 aromatic carbocycles. The molecule has 0 radical (unpaired) electrons. The highest BCUT2D eigenvalue weighted by atomic mass is 79.9. The van der Waals surface area contributed by atoms with Crippen molar-refractivity contribution in [2.75, 3.05) is 13.7 Å². The zero-order valence-corrected chi connectivity index (χ0v) is 28.6. The van der Waals surface area contributed by atoms with Crippen LogP contribution in [0.2, 0.25) is 0 Å². The Labute approximate surface area is 268 Å². The summed E-state index contributed by atoms with van der Waals surface area (Å²) in [4.78, 5) is 44.0. The molecule has 234 valence electrons. The van der Waals surface area contributed by atoms with Crippen molar-refractivity contribution in [1.29, 1.82) is 5.26 Å². The number of rotatable bonds is 12. The second kappa shape index (κ2) is 12.8. The number of aromatic nitrogens is 5. The maximum Gasteiger partial charge on any atom is 0.333 e. The third-order valence-corrected chi connectivity index (χ3v) is 9.23. The van der Waals surface area contributed by atoms with Crippen LogP contribution in [-0.4, -0.2) is 43.6 Å². The van der Waals surface area contributed by atoms with Crippen molar-refractivity contribution in [2.45, 2.75) is 73.1 Å². The average molecular weight is 686 g/mol. The summed E-state index contributed by atoms with van der Waals surface area (Å²) in [5, 5.41) is 19.1. The molecule has 11 nitrogen and oxygen atoms in total. The van der Waals surface area contributed by atoms with Gasteiger partial charge in [-0.1, -0.05) is 41.1 Å². The number of carbonyl (C=O) groups is 1. The number of thiophene rings is 1. The molecule has 3 aromatic heterocycles. The van der Waals surface area contributed by atoms with Gasteiger partial charge in [-0.05, 0) is 58.7 Å². The van der Waals surface area contributed by atoms with Crippen LogP contribution in [0.25, 0.3) is 15.2 Å². The topological polar surface area (TPSA) is 134 Å². The van der Waals surface area contributed by atoms with E-state index in [-0.39, 0.29) is 31.3 Å². The van der Waals surface area contributed by atoms with Gasteiger partial charge in [-0.3, -0.25) is 14.2 Å². The Balaban J connectivity index is 2.04. The molecule has 0 aliphatic rings. The van der Waals surface area contributed by atoms with Crippen LogP contribution in [0.1, 0.15) is 65.2 Å². The van der Waals surface area contributed by atoms with Crippen LogP contribution in [0.4, 0.5) is 0 Å². The first kappa shape index (κ1) is 33.3. The highest BCUT2D eigenvalue weighted by Gasteiger charge is 2.36. The molecule has 4 aromatic rings. The lowest BCUT2D eigenvalue weighted by Crippen LogP contribution is -2.53. The van der Waals surface area contributed by atoms with Gasteiger partial charge in [0.05, 0.1) is 49.5 Å². The number of methoxy groups -OCH3 is 1. The summed E-state index contributed by atoms with van der Waals surface area (Å²) in [5.41, 5.74) is -2.22. The molecule has 0 aliphatic heterocycles. The number of fused-ring (bicyclic) bond motifs is 1. The van der Waals surface area contributed by atoms with Crippen molar-refractivity contribution in [1.82, 2.24) is 24.1 Å². The fourth-order valence-corrected chi connectivity index (χ4v) is 6.55. The number of Topliss-reactive ketones (excluding diaryl/α,β-unsaturated/α-hetero) is 1. The SMILES string of the molecule is COc1ccc(Br)cc1[C@H](Cn1c(=O)n(C(C)(C)C(=O)CC(C)C)c(=O)c2c(C)c(-n3nccn3)sc21)OCC(C)(C)C#N. The van der Waals surface area contributed by atoms with E-state index >= 15 is 0 Å². The van der Waals surface area contributed by atoms with Crippen molar-refractivity contribution in [3.63, 3.8) is 0 Å². The van der Waals surface area contributed by atoms with Crippen LogP contribution < -0.4 is 16.0 Å². The largest absolute Gasteiger partial charge is 0.496 e. The number of ketones is 1. The Bertz CT molecular complexity index is 1850. The highest BCUT2D eigenvalue weighted by Crippen LogP contribution is 2.36. The maximum atomic E-state index is 14.5. The zero-order valence-electron chi connectivity index (χ0n) is 26.2. The lowest BCUT2D eigenvalue weighted by molar-refractivity contribution is -0.127. The van der Waals surface area contributed by atoms with Crippen molar-refractivity contribution in [2.24, 2.45) is 11.3 Å². The molecule has 0 spiro atoms. The van der Waals surface area contributed by atoms with Crippen molar-refractivity contribution in [3.8, 4) is 16.8 Å². The lowest BCUT2D eigenvalue weighted by Gasteiger charge is -2.29. The molecule has 4 rings (SSSR count). The predicted molar refractivity (Wildman–Crippen MR) is 173 cm³/mol. The lowest BCUT2D eigenvalue weighted by atomic mass is 9.91. The Morgan fingerprint density at radius 3 is 2.41 bits per heavy atom. The van der Waals surface area contributed by atoms with E-state index in [9.17, 15) is 19.6 Å². The van der Waals surface area contributed by atoms with Gasteiger partial charge in [-0.25, -0.2) is 9.36 Å². The molecule has 0 unspecified atom stereocenters. The zero-order chi connectivity index (χ0) is 32.6. The first-order chi connectivity index (χ1) is 20.6. The van der Waals surface area contributed by atoms with Crippen LogP contribution in [0.3, 0.4) is 0 Å². The molecule has 3 heterocycles. The van der Waals surface area contributed by atoms with E-state index in [0.29, 0.717) is 32.1 Å². The van der Waals surface area contributed by atoms with Crippen molar-refractivity contribution < 1.29 is 14.3 Å². The second-order valence-electron chi connectivity index (χ2n) is 12.3. The summed E-state index contributed by atoms with van der Waals surface area (Å²) < 4.78 is 15.4. The Hall–Kier alpha value is -3.60. The number of hydrogen-bond donors (Lipinski definition) is 0. The minimum Gasteiger partial charge on any atom is -0.496 e.